The second kappa shape index (κ2) is 12.3. The third-order valence-electron chi connectivity index (χ3n) is 9.27. The molecule has 2 nitrogen and oxygen atoms in total. The van der Waals surface area contributed by atoms with Crippen molar-refractivity contribution in [2.75, 3.05) is 0 Å². The van der Waals surface area contributed by atoms with Gasteiger partial charge in [-0.15, -0.1) is 0 Å². The van der Waals surface area contributed by atoms with E-state index < -0.39 is 0 Å². The van der Waals surface area contributed by atoms with Crippen molar-refractivity contribution < 1.29 is 9.47 Å². The first-order valence-electron chi connectivity index (χ1n) is 15.4. The first-order chi connectivity index (χ1) is 18.9. The maximum atomic E-state index is 6.47. The molecule has 40 heavy (non-hydrogen) atoms. The molecule has 1 aromatic rings. The number of allylic oxidation sites excluding steroid dienone is 6. The molecule has 5 rings (SSSR count). The molecule has 0 N–H and O–H groups in total. The summed E-state index contributed by atoms with van der Waals surface area (Å²) in [7, 11) is 0. The van der Waals surface area contributed by atoms with Crippen LogP contribution in [-0.4, -0.2) is 23.4 Å². The predicted molar refractivity (Wildman–Crippen MR) is 176 cm³/mol. The summed E-state index contributed by atoms with van der Waals surface area (Å²) < 4.78 is 15.2. The van der Waals surface area contributed by atoms with Crippen LogP contribution in [0.25, 0.3) is 12.2 Å². The van der Waals surface area contributed by atoms with Gasteiger partial charge in [0.15, 0.2) is 0 Å². The molecule has 0 amide bonds. The van der Waals surface area contributed by atoms with Crippen molar-refractivity contribution in [3.05, 3.63) is 68.7 Å². The van der Waals surface area contributed by atoms with E-state index in [1.165, 1.54) is 36.8 Å². The summed E-state index contributed by atoms with van der Waals surface area (Å²) in [5.74, 6) is 3.54. The summed E-state index contributed by atoms with van der Waals surface area (Å²) in [5, 5.41) is 0. The molecular formula is C36H48Br2O2. The van der Waals surface area contributed by atoms with Crippen molar-refractivity contribution in [3.8, 4) is 0 Å². The number of hydrogen-bond acceptors (Lipinski definition) is 2. The number of halogens is 2. The van der Waals surface area contributed by atoms with Crippen LogP contribution < -0.4 is 0 Å². The van der Waals surface area contributed by atoms with Crippen LogP contribution in [0.5, 0.6) is 0 Å². The van der Waals surface area contributed by atoms with Gasteiger partial charge in [0.2, 0.25) is 0 Å². The van der Waals surface area contributed by atoms with Gasteiger partial charge in [0.1, 0.15) is 0 Å². The second-order valence-corrected chi connectivity index (χ2v) is 16.2. The summed E-state index contributed by atoms with van der Waals surface area (Å²) in [6, 6.07) is 4.51. The standard InChI is InChI=1S/C36H48Br2O2/c1-35(2,3)39-33-19-17-27-23(9-7-11-29(27)33)13-15-25-21-26(32(38)22-31(25)37)16-14-24-10-8-12-30-28(24)18-20-34(30)40-36(4,5)6/h7-10,13-16,21-24,27-30,33-34H,11-12,17-20H2,1-6H3/b15-13-,16-14-/t23-,24-,27-,28-,29-,30-,33-,34-/m0/s1. The molecule has 0 bridgehead atoms. The molecule has 0 radical (unpaired) electrons. The largest absolute Gasteiger partial charge is 0.372 e. The van der Waals surface area contributed by atoms with E-state index in [-0.39, 0.29) is 11.2 Å². The van der Waals surface area contributed by atoms with E-state index in [2.05, 4.69) is 134 Å². The Balaban J connectivity index is 1.28. The number of ether oxygens (including phenoxy) is 2. The summed E-state index contributed by atoms with van der Waals surface area (Å²) in [6.45, 7) is 13.1. The van der Waals surface area contributed by atoms with Crippen LogP contribution in [0.1, 0.15) is 91.2 Å². The van der Waals surface area contributed by atoms with Crippen LogP contribution in [0.15, 0.2) is 57.5 Å². The fraction of sp³-hybridized carbons (Fsp3) is 0.611. The van der Waals surface area contributed by atoms with E-state index >= 15 is 0 Å². The second-order valence-electron chi connectivity index (χ2n) is 14.4. The fourth-order valence-corrected chi connectivity index (χ4v) is 8.94. The van der Waals surface area contributed by atoms with Gasteiger partial charge in [-0.25, -0.2) is 0 Å². The average Bonchev–Trinajstić information content (AvgIpc) is 3.45. The maximum absolute atomic E-state index is 6.47. The van der Waals surface area contributed by atoms with Crippen molar-refractivity contribution in [2.24, 2.45) is 35.5 Å². The maximum Gasteiger partial charge on any atom is 0.0616 e. The lowest BCUT2D eigenvalue weighted by atomic mass is 9.77. The van der Waals surface area contributed by atoms with Gasteiger partial charge in [-0.2, -0.15) is 0 Å². The van der Waals surface area contributed by atoms with Crippen molar-refractivity contribution in [2.45, 2.75) is 103 Å². The van der Waals surface area contributed by atoms with Gasteiger partial charge in [0.25, 0.3) is 0 Å². The molecule has 0 unspecified atom stereocenters. The van der Waals surface area contributed by atoms with Crippen LogP contribution in [0.3, 0.4) is 0 Å². The summed E-state index contributed by atoms with van der Waals surface area (Å²) in [5.41, 5.74) is 2.31. The van der Waals surface area contributed by atoms with Gasteiger partial charge in [0.05, 0.1) is 23.4 Å². The molecule has 4 aliphatic rings. The predicted octanol–water partition coefficient (Wildman–Crippen LogP) is 10.8. The molecule has 218 valence electrons. The summed E-state index contributed by atoms with van der Waals surface area (Å²) in [4.78, 5) is 0. The zero-order valence-electron chi connectivity index (χ0n) is 25.2. The fourth-order valence-electron chi connectivity index (χ4n) is 7.68. The molecule has 0 heterocycles. The minimum atomic E-state index is -0.0771. The van der Waals surface area contributed by atoms with E-state index in [1.54, 1.807) is 0 Å². The topological polar surface area (TPSA) is 18.5 Å². The quantitative estimate of drug-likeness (QED) is 0.280. The highest BCUT2D eigenvalue weighted by atomic mass is 79.9. The highest BCUT2D eigenvalue weighted by molar-refractivity contribution is 9.11. The van der Waals surface area contributed by atoms with Crippen LogP contribution in [0.2, 0.25) is 0 Å². The molecule has 0 saturated heterocycles. The number of hydrogen-bond donors (Lipinski definition) is 0. The molecule has 4 aliphatic carbocycles. The van der Waals surface area contributed by atoms with Crippen molar-refractivity contribution in [1.29, 1.82) is 0 Å². The lowest BCUT2D eigenvalue weighted by Crippen LogP contribution is -2.33. The SMILES string of the molecule is CC(C)(C)O[C@H]1CC[C@@H]2[C@@H]1CC=C[C@H]2/C=C\c1cc(/C=C\[C@@H]2C=CC[C@H]3[C@H]2CC[C@@H]3OC(C)(C)C)c(Br)cc1Br. The molecule has 2 fully saturated rings. The monoisotopic (exact) mass is 670 g/mol. The Morgan fingerprint density at radius 3 is 1.45 bits per heavy atom. The minimum Gasteiger partial charge on any atom is -0.372 e. The Bertz CT molecular complexity index is 1080. The Hall–Kier alpha value is -0.940. The normalized spacial score (nSPS) is 34.2. The van der Waals surface area contributed by atoms with Crippen LogP contribution in [0, 0.1) is 35.5 Å². The van der Waals surface area contributed by atoms with Crippen molar-refractivity contribution >= 4 is 44.0 Å². The molecule has 4 heteroatoms. The minimum absolute atomic E-state index is 0.0771. The summed E-state index contributed by atoms with van der Waals surface area (Å²) >= 11 is 7.66. The number of fused-ring (bicyclic) bond motifs is 2. The molecule has 1 aromatic carbocycles. The van der Waals surface area contributed by atoms with Gasteiger partial charge in [-0.05, 0) is 139 Å². The van der Waals surface area contributed by atoms with Gasteiger partial charge < -0.3 is 9.47 Å². The third-order valence-corrected chi connectivity index (χ3v) is 10.6. The third kappa shape index (κ3) is 7.33. The van der Waals surface area contributed by atoms with Gasteiger partial charge in [-0.1, -0.05) is 80.5 Å². The Morgan fingerprint density at radius 2 is 1.05 bits per heavy atom. The lowest BCUT2D eigenvalue weighted by Gasteiger charge is -2.34. The zero-order chi connectivity index (χ0) is 28.7. The molecule has 0 spiro atoms. The number of benzene rings is 1. The summed E-state index contributed by atoms with van der Waals surface area (Å²) in [6.07, 6.45) is 27.0. The molecular weight excluding hydrogens is 624 g/mol. The Labute approximate surface area is 260 Å². The van der Waals surface area contributed by atoms with Crippen molar-refractivity contribution in [3.63, 3.8) is 0 Å². The van der Waals surface area contributed by atoms with Crippen LogP contribution >= 0.6 is 31.9 Å². The Morgan fingerprint density at radius 1 is 0.625 bits per heavy atom. The molecule has 0 aromatic heterocycles. The molecule has 8 atom stereocenters. The highest BCUT2D eigenvalue weighted by Gasteiger charge is 2.43. The Kier molecular flexibility index (Phi) is 9.42. The van der Waals surface area contributed by atoms with E-state index in [9.17, 15) is 0 Å². The lowest BCUT2D eigenvalue weighted by molar-refractivity contribution is -0.0803. The van der Waals surface area contributed by atoms with Crippen molar-refractivity contribution in [1.82, 2.24) is 0 Å². The highest BCUT2D eigenvalue weighted by Crippen LogP contribution is 2.47. The van der Waals surface area contributed by atoms with Gasteiger partial charge in [0, 0.05) is 8.95 Å². The number of rotatable bonds is 6. The van der Waals surface area contributed by atoms with Gasteiger partial charge in [-0.3, -0.25) is 0 Å². The van der Waals surface area contributed by atoms with E-state index in [1.807, 2.05) is 0 Å². The first kappa shape index (κ1) is 30.5. The molecule has 2 saturated carbocycles. The molecule has 0 aliphatic heterocycles. The first-order valence-corrected chi connectivity index (χ1v) is 17.0. The van der Waals surface area contributed by atoms with E-state index in [0.29, 0.717) is 47.7 Å². The van der Waals surface area contributed by atoms with Crippen LogP contribution in [-0.2, 0) is 9.47 Å². The van der Waals surface area contributed by atoms with E-state index in [0.717, 1.165) is 21.8 Å². The van der Waals surface area contributed by atoms with Crippen LogP contribution in [0.4, 0.5) is 0 Å². The van der Waals surface area contributed by atoms with E-state index in [4.69, 9.17) is 9.47 Å². The smallest absolute Gasteiger partial charge is 0.0616 e. The van der Waals surface area contributed by atoms with Gasteiger partial charge >= 0.3 is 0 Å². The average molecular weight is 673 g/mol. The zero-order valence-corrected chi connectivity index (χ0v) is 28.4.